The number of aromatic nitrogens is 1. The number of pyridine rings is 1. The van der Waals surface area contributed by atoms with Gasteiger partial charge in [0.1, 0.15) is 22.9 Å². The molecule has 3 fully saturated rings. The molecule has 0 radical (unpaired) electrons. The van der Waals surface area contributed by atoms with Gasteiger partial charge in [0.2, 0.25) is 5.88 Å². The van der Waals surface area contributed by atoms with E-state index in [1.807, 2.05) is 25.1 Å². The first-order valence-corrected chi connectivity index (χ1v) is 19.8. The van der Waals surface area contributed by atoms with E-state index < -0.39 is 11.7 Å². The monoisotopic (exact) mass is 764 g/mol. The van der Waals surface area contributed by atoms with Crippen LogP contribution in [0.5, 0.6) is 17.4 Å². The van der Waals surface area contributed by atoms with Gasteiger partial charge in [-0.25, -0.2) is 9.37 Å². The van der Waals surface area contributed by atoms with Gasteiger partial charge in [-0.05, 0) is 99.0 Å². The lowest BCUT2D eigenvalue weighted by molar-refractivity contribution is 0.0342. The molecule has 56 heavy (non-hydrogen) atoms. The zero-order chi connectivity index (χ0) is 39.2. The van der Waals surface area contributed by atoms with Crippen LogP contribution in [0, 0.1) is 12.7 Å². The fourth-order valence-electron chi connectivity index (χ4n) is 8.24. The molecule has 3 heterocycles. The number of phenols is 1. The molecule has 7 rings (SSSR count). The molecular weight excluding hydrogens is 712 g/mol. The van der Waals surface area contributed by atoms with Crippen molar-refractivity contribution in [3.8, 4) is 28.5 Å². The normalized spacial score (nSPS) is 22.0. The van der Waals surface area contributed by atoms with Gasteiger partial charge in [-0.2, -0.15) is 0 Å². The Morgan fingerprint density at radius 2 is 1.57 bits per heavy atom. The van der Waals surface area contributed by atoms with E-state index in [0.717, 1.165) is 81.4 Å². The van der Waals surface area contributed by atoms with E-state index in [1.54, 1.807) is 12.1 Å². The van der Waals surface area contributed by atoms with Crippen LogP contribution in [0.25, 0.3) is 11.1 Å². The maximum absolute atomic E-state index is 14.6. The highest BCUT2D eigenvalue weighted by Gasteiger charge is 2.27. The molecule has 2 saturated heterocycles. The van der Waals surface area contributed by atoms with E-state index in [4.69, 9.17) is 9.47 Å². The van der Waals surface area contributed by atoms with Crippen LogP contribution < -0.4 is 20.7 Å². The van der Waals surface area contributed by atoms with Crippen LogP contribution >= 0.6 is 0 Å². The van der Waals surface area contributed by atoms with Crippen molar-refractivity contribution in [3.05, 3.63) is 107 Å². The molecule has 3 aliphatic rings. The van der Waals surface area contributed by atoms with Crippen molar-refractivity contribution in [3.63, 3.8) is 0 Å². The van der Waals surface area contributed by atoms with E-state index in [9.17, 15) is 19.1 Å². The summed E-state index contributed by atoms with van der Waals surface area (Å²) in [6.07, 6.45) is 3.58. The minimum Gasteiger partial charge on any atom is -0.507 e. The van der Waals surface area contributed by atoms with Crippen LogP contribution in [0.2, 0.25) is 0 Å². The largest absolute Gasteiger partial charge is 0.507 e. The summed E-state index contributed by atoms with van der Waals surface area (Å²) in [4.78, 5) is 35.6. The molecule has 12 heteroatoms. The summed E-state index contributed by atoms with van der Waals surface area (Å²) >= 11 is 0. The fourth-order valence-corrected chi connectivity index (χ4v) is 8.24. The van der Waals surface area contributed by atoms with Crippen LogP contribution in [0.15, 0.2) is 72.9 Å². The summed E-state index contributed by atoms with van der Waals surface area (Å²) in [5.41, 5.74) is 5.70. The van der Waals surface area contributed by atoms with Gasteiger partial charge < -0.3 is 30.5 Å². The summed E-state index contributed by atoms with van der Waals surface area (Å²) in [6.45, 7) is 13.2. The van der Waals surface area contributed by atoms with Crippen molar-refractivity contribution in [2.24, 2.45) is 0 Å². The quantitative estimate of drug-likeness (QED) is 0.142. The van der Waals surface area contributed by atoms with Gasteiger partial charge in [0, 0.05) is 63.4 Å². The third-order valence-corrected chi connectivity index (χ3v) is 10.9. The van der Waals surface area contributed by atoms with Crippen molar-refractivity contribution in [2.75, 3.05) is 39.4 Å². The van der Waals surface area contributed by atoms with Gasteiger partial charge in [0.05, 0.1) is 25.0 Å². The molecule has 1 aliphatic carbocycles. The number of amides is 2. The number of nitrogens with one attached hydrogen (secondary N) is 3. The van der Waals surface area contributed by atoms with Gasteiger partial charge >= 0.3 is 0 Å². The fraction of sp³-hybridized carbons (Fsp3) is 0.432. The molecule has 1 aromatic heterocycles. The number of ether oxygens (including phenoxy) is 2. The minimum absolute atomic E-state index is 0.00895. The first-order chi connectivity index (χ1) is 27.1. The first-order valence-electron chi connectivity index (χ1n) is 19.8. The molecular formula is C44H53FN6O5. The topological polar surface area (TPSA) is 128 Å². The number of aryl methyl sites for hydroxylation is 1. The second-order valence-corrected chi connectivity index (χ2v) is 15.7. The molecule has 0 unspecified atom stereocenters. The zero-order valence-electron chi connectivity index (χ0n) is 32.5. The van der Waals surface area contributed by atoms with Crippen molar-refractivity contribution in [1.82, 2.24) is 30.7 Å². The average molecular weight is 765 g/mol. The standard InChI is InChI=1S/C44H53FN6O5/c1-28-7-14-41(52)39(19-28)42(53)48-35-9-11-36(12-10-35)49-43(54)40-22-34(45)23-46-44(40)56-37-6-4-5-32(21-37)38-13-8-31(26-51-24-29(2)47-30(3)25-51)20-33(38)27-50-15-17-55-18-16-50/h4-8,13-14,19-23,29-30,35-36,47,52H,9-12,15-18,24-27H2,1-3H3,(H,48,53)(H,49,54)/t29-,30+,35-,36-. The lowest BCUT2D eigenvalue weighted by atomic mass is 9.90. The molecule has 3 aromatic carbocycles. The Labute approximate surface area is 328 Å². The third-order valence-electron chi connectivity index (χ3n) is 10.9. The van der Waals surface area contributed by atoms with Crippen LogP contribution in [0.3, 0.4) is 0 Å². The summed E-state index contributed by atoms with van der Waals surface area (Å²) in [7, 11) is 0. The number of nitrogens with zero attached hydrogens (tertiary/aromatic N) is 3. The predicted octanol–water partition coefficient (Wildman–Crippen LogP) is 6.18. The molecule has 2 amide bonds. The van der Waals surface area contributed by atoms with Crippen molar-refractivity contribution in [1.29, 1.82) is 0 Å². The molecule has 1 saturated carbocycles. The number of morpholine rings is 1. The highest BCUT2D eigenvalue weighted by Crippen LogP contribution is 2.32. The van der Waals surface area contributed by atoms with Crippen molar-refractivity contribution < 1.29 is 28.6 Å². The maximum atomic E-state index is 14.6. The SMILES string of the molecule is Cc1ccc(O)c(C(=O)N[C@H]2CC[C@H](NC(=O)c3cc(F)cnc3Oc3cccc(-c4ccc(CN5C[C@@H](C)N[C@@H](C)C5)cc4CN4CCOCC4)c3)CC2)c1. The summed E-state index contributed by atoms with van der Waals surface area (Å²) in [5, 5.41) is 19.8. The van der Waals surface area contributed by atoms with Gasteiger partial charge in [0.25, 0.3) is 11.8 Å². The number of hydrogen-bond acceptors (Lipinski definition) is 9. The average Bonchev–Trinajstić information content (AvgIpc) is 3.17. The molecule has 2 aliphatic heterocycles. The van der Waals surface area contributed by atoms with Gasteiger partial charge in [0.15, 0.2) is 0 Å². The van der Waals surface area contributed by atoms with Crippen LogP contribution in [0.4, 0.5) is 4.39 Å². The van der Waals surface area contributed by atoms with E-state index in [0.29, 0.717) is 43.5 Å². The number of phenolic OH excluding ortho intramolecular Hbond substituents is 1. The molecule has 296 valence electrons. The number of benzene rings is 3. The number of rotatable bonds is 11. The maximum Gasteiger partial charge on any atom is 0.257 e. The highest BCUT2D eigenvalue weighted by molar-refractivity contribution is 5.97. The highest BCUT2D eigenvalue weighted by atomic mass is 19.1. The zero-order valence-corrected chi connectivity index (χ0v) is 32.5. The van der Waals surface area contributed by atoms with Crippen LogP contribution in [-0.2, 0) is 17.8 Å². The third kappa shape index (κ3) is 10.1. The Kier molecular flexibility index (Phi) is 12.6. The number of piperazine rings is 1. The second kappa shape index (κ2) is 17.9. The van der Waals surface area contributed by atoms with Crippen LogP contribution in [-0.4, -0.2) is 95.3 Å². The minimum atomic E-state index is -0.639. The summed E-state index contributed by atoms with van der Waals surface area (Å²) in [6, 6.07) is 21.2. The smallest absolute Gasteiger partial charge is 0.257 e. The van der Waals surface area contributed by atoms with Gasteiger partial charge in [-0.3, -0.25) is 19.4 Å². The Morgan fingerprint density at radius 3 is 2.29 bits per heavy atom. The molecule has 4 N–H and O–H groups in total. The molecule has 0 bridgehead atoms. The van der Waals surface area contributed by atoms with Gasteiger partial charge in [-0.15, -0.1) is 0 Å². The van der Waals surface area contributed by atoms with Gasteiger partial charge in [-0.1, -0.05) is 42.0 Å². The summed E-state index contributed by atoms with van der Waals surface area (Å²) < 4.78 is 26.4. The number of aromatic hydroxyl groups is 1. The summed E-state index contributed by atoms with van der Waals surface area (Å²) in [5.74, 6) is -0.997. The second-order valence-electron chi connectivity index (χ2n) is 15.7. The van der Waals surface area contributed by atoms with E-state index in [-0.39, 0.29) is 40.7 Å². The number of hydrogen-bond donors (Lipinski definition) is 4. The van der Waals surface area contributed by atoms with E-state index >= 15 is 0 Å². The Balaban J connectivity index is 1.03. The molecule has 0 spiro atoms. The van der Waals surface area contributed by atoms with Crippen molar-refractivity contribution in [2.45, 2.75) is 83.7 Å². The Hall–Kier alpha value is -4.88. The lowest BCUT2D eigenvalue weighted by Crippen LogP contribution is -2.53. The Bertz CT molecular complexity index is 2000. The molecule has 4 aromatic rings. The van der Waals surface area contributed by atoms with Crippen LogP contribution in [0.1, 0.15) is 76.9 Å². The number of carbonyl (C=O) groups is 2. The van der Waals surface area contributed by atoms with Crippen molar-refractivity contribution >= 4 is 11.8 Å². The predicted molar refractivity (Wildman–Crippen MR) is 213 cm³/mol. The van der Waals surface area contributed by atoms with E-state index in [1.165, 1.54) is 17.2 Å². The lowest BCUT2D eigenvalue weighted by Gasteiger charge is -2.36. The molecule has 2 atom stereocenters. The molecule has 11 nitrogen and oxygen atoms in total. The first kappa shape index (κ1) is 39.4. The Morgan fingerprint density at radius 1 is 0.875 bits per heavy atom. The van der Waals surface area contributed by atoms with E-state index in [2.05, 4.69) is 68.8 Å². The number of carbonyl (C=O) groups excluding carboxylic acids is 2. The number of halogens is 1.